The summed E-state index contributed by atoms with van der Waals surface area (Å²) in [6.45, 7) is 6.68. The zero-order valence-corrected chi connectivity index (χ0v) is 18.3. The molecule has 1 atom stereocenters. The van der Waals surface area contributed by atoms with E-state index in [0.717, 1.165) is 17.0 Å². The molecule has 3 amide bonds. The van der Waals surface area contributed by atoms with Crippen LogP contribution in [0.3, 0.4) is 0 Å². The van der Waals surface area contributed by atoms with E-state index in [1.807, 2.05) is 51.2 Å². The van der Waals surface area contributed by atoms with Crippen LogP contribution in [-0.2, 0) is 4.74 Å². The Balaban J connectivity index is 1.55. The fraction of sp³-hybridized carbons (Fsp3) is 0.500. The second-order valence-corrected chi connectivity index (χ2v) is 8.83. The van der Waals surface area contributed by atoms with E-state index >= 15 is 0 Å². The van der Waals surface area contributed by atoms with Crippen LogP contribution >= 0.6 is 0 Å². The summed E-state index contributed by atoms with van der Waals surface area (Å²) in [5, 5.41) is 3.10. The molecule has 30 heavy (non-hydrogen) atoms. The summed E-state index contributed by atoms with van der Waals surface area (Å²) in [7, 11) is 3.42. The number of ether oxygens (including phenoxy) is 2. The Hall–Kier alpha value is -2.87. The van der Waals surface area contributed by atoms with Crippen LogP contribution in [0, 0.1) is 0 Å². The molecule has 0 bridgehead atoms. The maximum atomic E-state index is 12.9. The summed E-state index contributed by atoms with van der Waals surface area (Å²) in [6.07, 6.45) is 4.54. The molecule has 8 heteroatoms. The second-order valence-electron chi connectivity index (χ2n) is 8.83. The molecule has 1 aromatic rings. The topological polar surface area (TPSA) is 80.2 Å². The number of benzene rings is 1. The lowest BCUT2D eigenvalue weighted by Crippen LogP contribution is -2.54. The first kappa shape index (κ1) is 21.8. The molecule has 0 saturated carbocycles. The van der Waals surface area contributed by atoms with Gasteiger partial charge in [0.2, 0.25) is 6.34 Å². The fourth-order valence-electron chi connectivity index (χ4n) is 3.37. The predicted molar refractivity (Wildman–Crippen MR) is 115 cm³/mol. The molecule has 1 unspecified atom stereocenters. The number of quaternary nitrogens is 1. The first-order chi connectivity index (χ1) is 14.1. The molecular formula is C22H31N4O4+. The molecular weight excluding hydrogens is 384 g/mol. The van der Waals surface area contributed by atoms with Crippen molar-refractivity contribution in [3.8, 4) is 5.75 Å². The zero-order valence-electron chi connectivity index (χ0n) is 18.3. The Bertz CT molecular complexity index is 849. The lowest BCUT2D eigenvalue weighted by Gasteiger charge is -2.34. The Labute approximate surface area is 177 Å². The molecule has 1 saturated heterocycles. The van der Waals surface area contributed by atoms with Crippen LogP contribution in [-0.4, -0.2) is 66.7 Å². The van der Waals surface area contributed by atoms with Crippen molar-refractivity contribution in [2.75, 3.05) is 27.2 Å². The van der Waals surface area contributed by atoms with Gasteiger partial charge < -0.3 is 19.7 Å². The van der Waals surface area contributed by atoms with Crippen molar-refractivity contribution in [1.29, 1.82) is 0 Å². The molecule has 0 radical (unpaired) electrons. The van der Waals surface area contributed by atoms with Crippen molar-refractivity contribution in [2.45, 2.75) is 45.3 Å². The SMILES string of the molecule is COc1ccc(C2=C[N+](C)(C(=O)NC3CCN(C(=O)OC(C)(C)C)CC3)C=N2)cc1. The molecule has 162 valence electrons. The Morgan fingerprint density at radius 2 is 1.80 bits per heavy atom. The minimum atomic E-state index is -0.510. The van der Waals surface area contributed by atoms with E-state index in [4.69, 9.17) is 9.47 Å². The van der Waals surface area contributed by atoms with Gasteiger partial charge in [-0.1, -0.05) is 0 Å². The molecule has 0 aromatic heterocycles. The summed E-state index contributed by atoms with van der Waals surface area (Å²) in [5.74, 6) is 0.772. The Kier molecular flexibility index (Phi) is 6.17. The van der Waals surface area contributed by atoms with Crippen LogP contribution in [0.1, 0.15) is 39.2 Å². The number of carbonyl (C=O) groups is 2. The van der Waals surface area contributed by atoms with E-state index in [1.54, 1.807) is 25.4 Å². The number of hydrogen-bond acceptors (Lipinski definition) is 5. The van der Waals surface area contributed by atoms with Crippen molar-refractivity contribution < 1.29 is 23.5 Å². The molecule has 8 nitrogen and oxygen atoms in total. The number of piperidine rings is 1. The van der Waals surface area contributed by atoms with Gasteiger partial charge in [0.05, 0.1) is 14.2 Å². The van der Waals surface area contributed by atoms with Crippen LogP contribution in [0.25, 0.3) is 5.70 Å². The smallest absolute Gasteiger partial charge is 0.427 e. The maximum absolute atomic E-state index is 12.9. The lowest BCUT2D eigenvalue weighted by molar-refractivity contribution is -0.665. The van der Waals surface area contributed by atoms with Gasteiger partial charge in [0.15, 0.2) is 0 Å². The largest absolute Gasteiger partial charge is 0.497 e. The number of rotatable bonds is 3. The third kappa shape index (κ3) is 5.18. The van der Waals surface area contributed by atoms with Gasteiger partial charge >= 0.3 is 12.1 Å². The average Bonchev–Trinajstić information content (AvgIpc) is 3.11. The van der Waals surface area contributed by atoms with Gasteiger partial charge in [-0.15, -0.1) is 0 Å². The number of hydrogen-bond donors (Lipinski definition) is 1. The van der Waals surface area contributed by atoms with Gasteiger partial charge in [-0.25, -0.2) is 9.59 Å². The number of methoxy groups -OCH3 is 1. The van der Waals surface area contributed by atoms with Gasteiger partial charge in [-0.2, -0.15) is 9.48 Å². The van der Waals surface area contributed by atoms with E-state index in [-0.39, 0.29) is 22.6 Å². The number of urea groups is 1. The molecule has 1 N–H and O–H groups in total. The monoisotopic (exact) mass is 415 g/mol. The summed E-state index contributed by atoms with van der Waals surface area (Å²) >= 11 is 0. The number of aliphatic imine (C=N–C) groups is 1. The quantitative estimate of drug-likeness (QED) is 0.765. The van der Waals surface area contributed by atoms with Crippen LogP contribution in [0.2, 0.25) is 0 Å². The molecule has 0 aliphatic carbocycles. The lowest BCUT2D eigenvalue weighted by atomic mass is 10.1. The van der Waals surface area contributed by atoms with Gasteiger partial charge in [0.1, 0.15) is 23.2 Å². The third-order valence-corrected chi connectivity index (χ3v) is 5.12. The van der Waals surface area contributed by atoms with Gasteiger partial charge in [0, 0.05) is 24.7 Å². The first-order valence-electron chi connectivity index (χ1n) is 10.2. The zero-order chi connectivity index (χ0) is 21.9. The van der Waals surface area contributed by atoms with E-state index in [2.05, 4.69) is 10.3 Å². The highest BCUT2D eigenvalue weighted by Gasteiger charge is 2.36. The molecule has 2 aliphatic rings. The van der Waals surface area contributed by atoms with Crippen LogP contribution in [0.5, 0.6) is 5.75 Å². The van der Waals surface area contributed by atoms with Gasteiger partial charge in [-0.3, -0.25) is 0 Å². The number of likely N-dealkylation sites (tertiary alicyclic amines) is 1. The van der Waals surface area contributed by atoms with Gasteiger partial charge in [-0.05, 0) is 57.9 Å². The molecule has 2 heterocycles. The standard InChI is InChI=1S/C22H30N4O4/c1-22(2,3)30-21(28)25-12-10-17(11-13-25)24-20(27)26(4)14-19(23-15-26)16-6-8-18(29-5)9-7-16/h6-9,14-15,17H,10-13H2,1-5H3/p+1. The van der Waals surface area contributed by atoms with Gasteiger partial charge in [0.25, 0.3) is 0 Å². The summed E-state index contributed by atoms with van der Waals surface area (Å²) in [4.78, 5) is 31.2. The second kappa shape index (κ2) is 8.47. The summed E-state index contributed by atoms with van der Waals surface area (Å²) in [5.41, 5.74) is 1.16. The molecule has 1 aromatic carbocycles. The highest BCUT2D eigenvalue weighted by molar-refractivity contribution is 5.84. The number of nitrogens with one attached hydrogen (secondary N) is 1. The van der Waals surface area contributed by atoms with E-state index in [9.17, 15) is 9.59 Å². The van der Waals surface area contributed by atoms with E-state index < -0.39 is 5.60 Å². The summed E-state index contributed by atoms with van der Waals surface area (Å²) in [6, 6.07) is 7.44. The van der Waals surface area contributed by atoms with Crippen LogP contribution in [0.4, 0.5) is 9.59 Å². The maximum Gasteiger partial charge on any atom is 0.427 e. The average molecular weight is 416 g/mol. The van der Waals surface area contributed by atoms with Crippen molar-refractivity contribution >= 4 is 24.2 Å². The normalized spacial score (nSPS) is 21.9. The van der Waals surface area contributed by atoms with Crippen LogP contribution < -0.4 is 10.1 Å². The Morgan fingerprint density at radius 1 is 1.17 bits per heavy atom. The molecule has 1 fully saturated rings. The van der Waals surface area contributed by atoms with E-state index in [0.29, 0.717) is 25.9 Å². The first-order valence-corrected chi connectivity index (χ1v) is 10.2. The highest BCUT2D eigenvalue weighted by atomic mass is 16.6. The van der Waals surface area contributed by atoms with Crippen LogP contribution in [0.15, 0.2) is 35.5 Å². The minimum absolute atomic E-state index is 0.0120. The minimum Gasteiger partial charge on any atom is -0.497 e. The van der Waals surface area contributed by atoms with Crippen molar-refractivity contribution in [1.82, 2.24) is 10.2 Å². The highest BCUT2D eigenvalue weighted by Crippen LogP contribution is 2.26. The fourth-order valence-corrected chi connectivity index (χ4v) is 3.37. The number of amides is 3. The molecule has 2 aliphatic heterocycles. The van der Waals surface area contributed by atoms with Crippen molar-refractivity contribution in [3.63, 3.8) is 0 Å². The number of carbonyl (C=O) groups excluding carboxylic acids is 2. The molecule has 0 spiro atoms. The van der Waals surface area contributed by atoms with Crippen molar-refractivity contribution in [3.05, 3.63) is 36.0 Å². The summed E-state index contributed by atoms with van der Waals surface area (Å²) < 4.78 is 10.6. The third-order valence-electron chi connectivity index (χ3n) is 5.12. The predicted octanol–water partition coefficient (Wildman–Crippen LogP) is 3.59. The van der Waals surface area contributed by atoms with Crippen molar-refractivity contribution in [2.24, 2.45) is 4.99 Å². The number of nitrogens with zero attached hydrogens (tertiary/aromatic N) is 3. The van der Waals surface area contributed by atoms with E-state index in [1.165, 1.54) is 0 Å². The Morgan fingerprint density at radius 3 is 2.37 bits per heavy atom. The molecule has 3 rings (SSSR count).